The zero-order valence-electron chi connectivity index (χ0n) is 62.2. The Morgan fingerprint density at radius 3 is 0.578 bits per heavy atom. The number of nitrogens with zero attached hydrogens (tertiary/aromatic N) is 14. The Hall–Kier alpha value is -16.2. The Labute approximate surface area is 666 Å². The number of aromatic amines is 2. The molecule has 0 spiro atoms. The molecule has 2 aliphatic rings. The van der Waals surface area contributed by atoms with Gasteiger partial charge in [0.1, 0.15) is 45.6 Å². The molecule has 12 aromatic carbocycles. The molecule has 8 bridgehead atoms. The molecule has 0 fully saturated rings. The summed E-state index contributed by atoms with van der Waals surface area (Å²) < 4.78 is 7.79. The molecular formula is C100H66N16. The summed E-state index contributed by atoms with van der Waals surface area (Å²) in [6.45, 7) is 0. The van der Waals surface area contributed by atoms with E-state index >= 15 is 0 Å². The lowest BCUT2D eigenvalue weighted by Gasteiger charge is -2.12. The number of aromatic nitrogens is 16. The van der Waals surface area contributed by atoms with Crippen molar-refractivity contribution in [3.05, 3.63) is 387 Å². The molecule has 16 nitrogen and oxygen atoms in total. The van der Waals surface area contributed by atoms with Crippen molar-refractivity contribution >= 4 is 46.4 Å². The summed E-state index contributed by atoms with van der Waals surface area (Å²) in [5.41, 5.74) is 30.4. The third kappa shape index (κ3) is 12.4. The van der Waals surface area contributed by atoms with E-state index in [1.807, 2.05) is 164 Å². The van der Waals surface area contributed by atoms with Crippen LogP contribution in [0.2, 0.25) is 0 Å². The third-order valence-electron chi connectivity index (χ3n) is 21.3. The van der Waals surface area contributed by atoms with Crippen molar-refractivity contribution in [2.45, 2.75) is 0 Å². The number of hydrogen-bond donors (Lipinski definition) is 2. The van der Waals surface area contributed by atoms with Crippen molar-refractivity contribution in [2.24, 2.45) is 0 Å². The molecule has 21 rings (SSSR count). The molecule has 116 heavy (non-hydrogen) atoms. The van der Waals surface area contributed by atoms with Gasteiger partial charge >= 0.3 is 0 Å². The summed E-state index contributed by atoms with van der Waals surface area (Å²) in [5.74, 6) is 0. The van der Waals surface area contributed by atoms with Gasteiger partial charge in [0.15, 0.2) is 0 Å². The maximum atomic E-state index is 5.87. The fourth-order valence-corrected chi connectivity index (χ4v) is 16.0. The summed E-state index contributed by atoms with van der Waals surface area (Å²) in [5, 5.41) is 39.6. The second-order valence-electron chi connectivity index (χ2n) is 28.4. The van der Waals surface area contributed by atoms with Crippen LogP contribution in [0.3, 0.4) is 0 Å². The molecule has 0 unspecified atom stereocenters. The monoisotopic (exact) mass is 1490 g/mol. The van der Waals surface area contributed by atoms with Crippen LogP contribution in [0.5, 0.6) is 0 Å². The Bertz CT molecular complexity index is 6320. The van der Waals surface area contributed by atoms with Crippen LogP contribution >= 0.6 is 0 Å². The lowest BCUT2D eigenvalue weighted by atomic mass is 10.0. The van der Waals surface area contributed by atoms with Crippen LogP contribution in [-0.2, 0) is 0 Å². The van der Waals surface area contributed by atoms with Crippen LogP contribution in [0.4, 0.5) is 0 Å². The van der Waals surface area contributed by atoms with Gasteiger partial charge in [0.2, 0.25) is 0 Å². The molecule has 0 radical (unpaired) electrons. The molecule has 2 aliphatic heterocycles. The fraction of sp³-hybridized carbons (Fsp3) is 0. The van der Waals surface area contributed by atoms with E-state index in [-0.39, 0.29) is 0 Å². The van der Waals surface area contributed by atoms with E-state index in [0.717, 1.165) is 179 Å². The minimum Gasteiger partial charge on any atom is -0.354 e. The average molecular weight is 1490 g/mol. The van der Waals surface area contributed by atoms with Gasteiger partial charge in [-0.2, -0.15) is 0 Å². The molecule has 16 heteroatoms. The Kier molecular flexibility index (Phi) is 17.1. The minimum atomic E-state index is 0.716. The number of H-pyrrole nitrogens is 2. The van der Waals surface area contributed by atoms with Crippen LogP contribution in [0.25, 0.3) is 204 Å². The minimum absolute atomic E-state index is 0.716. The fourth-order valence-electron chi connectivity index (χ4n) is 16.0. The van der Waals surface area contributed by atoms with E-state index in [2.05, 4.69) is 253 Å². The number of fused-ring (bicyclic) bond motifs is 8. The van der Waals surface area contributed by atoms with Gasteiger partial charge in [-0.3, -0.25) is 0 Å². The molecule has 0 amide bonds. The van der Waals surface area contributed by atoms with E-state index in [4.69, 9.17) is 51.2 Å². The summed E-state index contributed by atoms with van der Waals surface area (Å²) in [7, 11) is 0. The molecule has 7 aromatic heterocycles. The van der Waals surface area contributed by atoms with Gasteiger partial charge in [-0.15, -0.1) is 20.4 Å². The normalized spacial score (nSPS) is 11.7. The molecular weight excluding hydrogens is 1430 g/mol. The van der Waals surface area contributed by atoms with Crippen molar-refractivity contribution in [1.82, 2.24) is 79.9 Å². The summed E-state index contributed by atoms with van der Waals surface area (Å²) >= 11 is 0. The largest absolute Gasteiger partial charge is 0.354 e. The quantitative estimate of drug-likeness (QED) is 0.0945. The smallest absolute Gasteiger partial charge is 0.121 e. The van der Waals surface area contributed by atoms with Crippen LogP contribution in [-0.4, -0.2) is 79.9 Å². The van der Waals surface area contributed by atoms with Gasteiger partial charge in [-0.25, -0.2) is 28.7 Å². The summed E-state index contributed by atoms with van der Waals surface area (Å²) in [4.78, 5) is 19.9. The maximum absolute atomic E-state index is 5.87. The number of rotatable bonds is 16. The number of nitrogens with one attached hydrogen (secondary N) is 2. The highest BCUT2D eigenvalue weighted by molar-refractivity contribution is 6.01. The van der Waals surface area contributed by atoms with Gasteiger partial charge in [-0.05, 0) is 119 Å². The van der Waals surface area contributed by atoms with E-state index in [1.165, 1.54) is 0 Å². The van der Waals surface area contributed by atoms with Crippen LogP contribution < -0.4 is 0 Å². The Morgan fingerprint density at radius 2 is 0.371 bits per heavy atom. The first kappa shape index (κ1) is 67.9. The van der Waals surface area contributed by atoms with Crippen molar-refractivity contribution in [3.63, 3.8) is 0 Å². The SMILES string of the molecule is C1=Cc2nc1c(-c1cccc(-n3nnc(-c4ccccc4)c3-c3ccccc3)c1)c1ccc([nH]1)c(-c1cccc(-n3nnc(-c4ccccc4)c3-c3ccccc3)c1)c1nc(c(-c3cccc(-n4nnc(-c5ccccc5)c4-c4ccccc4)c3)c3ccc([nH]3)c2-c2cccc(-n3nnc(-c4ccccc4)c3-c3ccccc3)c2)C=C1. The van der Waals surface area contributed by atoms with Gasteiger partial charge < -0.3 is 9.97 Å². The van der Waals surface area contributed by atoms with Gasteiger partial charge in [-0.1, -0.05) is 312 Å². The first-order chi connectivity index (χ1) is 57.5. The Balaban J connectivity index is 0.835. The molecule has 0 saturated carbocycles. The zero-order valence-corrected chi connectivity index (χ0v) is 62.2. The van der Waals surface area contributed by atoms with Crippen molar-refractivity contribution < 1.29 is 0 Å². The van der Waals surface area contributed by atoms with Gasteiger partial charge in [0.25, 0.3) is 0 Å². The highest BCUT2D eigenvalue weighted by Crippen LogP contribution is 2.44. The predicted octanol–water partition coefficient (Wildman–Crippen LogP) is 23.0. The predicted molar refractivity (Wildman–Crippen MR) is 464 cm³/mol. The topological polar surface area (TPSA) is 180 Å². The second-order valence-corrected chi connectivity index (χ2v) is 28.4. The molecule has 19 aromatic rings. The van der Waals surface area contributed by atoms with E-state index < -0.39 is 0 Å². The third-order valence-corrected chi connectivity index (χ3v) is 21.3. The number of benzene rings is 12. The molecule has 0 atom stereocenters. The Morgan fingerprint density at radius 1 is 0.181 bits per heavy atom. The van der Waals surface area contributed by atoms with E-state index in [0.29, 0.717) is 22.8 Å². The first-order valence-corrected chi connectivity index (χ1v) is 38.4. The van der Waals surface area contributed by atoms with Crippen LogP contribution in [0.1, 0.15) is 22.8 Å². The molecule has 2 N–H and O–H groups in total. The highest BCUT2D eigenvalue weighted by Gasteiger charge is 2.27. The van der Waals surface area contributed by atoms with Gasteiger partial charge in [0, 0.05) is 88.8 Å². The number of hydrogen-bond acceptors (Lipinski definition) is 10. The zero-order chi connectivity index (χ0) is 76.8. The highest BCUT2D eigenvalue weighted by atomic mass is 15.5. The lowest BCUT2D eigenvalue weighted by Crippen LogP contribution is -2.00. The van der Waals surface area contributed by atoms with E-state index in [9.17, 15) is 0 Å². The maximum Gasteiger partial charge on any atom is 0.121 e. The summed E-state index contributed by atoms with van der Waals surface area (Å²) in [6.07, 6.45) is 8.52. The summed E-state index contributed by atoms with van der Waals surface area (Å²) in [6, 6.07) is 125. The van der Waals surface area contributed by atoms with Crippen LogP contribution in [0.15, 0.2) is 364 Å². The first-order valence-electron chi connectivity index (χ1n) is 38.4. The second kappa shape index (κ2) is 29.2. The van der Waals surface area contributed by atoms with Crippen molar-refractivity contribution in [2.75, 3.05) is 0 Å². The molecule has 9 heterocycles. The van der Waals surface area contributed by atoms with E-state index in [1.54, 1.807) is 0 Å². The standard InChI is InChI=1S/C100H66N16/c1-9-29-65(30-10-1)93-97(69-37-17-5-18-38-69)113(109-105-93)77-49-25-45-73(61-77)89-81-53-55-83(101-81)90(74-46-26-50-78(62-74)114-98(70-39-19-6-20-40-70)94(106-110-114)66-31-11-2-12-32-66)85-57-59-87(103-85)92(76-48-28-52-80(64-76)116-100(72-43-23-8-24-44-72)96(108-112-116)68-35-15-4-16-36-68)88-60-58-86(104-88)91(84-56-54-82(89)102-84)75-47-27-51-79(63-75)115-99(71-41-21-7-22-42-71)95(107-111-115)67-33-13-3-14-34-67/h1-64,101,104H. The van der Waals surface area contributed by atoms with Gasteiger partial charge in [0.05, 0.1) is 45.5 Å². The average Bonchev–Trinajstić information content (AvgIpc) is 1.61. The van der Waals surface area contributed by atoms with Crippen LogP contribution in [0, 0.1) is 0 Å². The van der Waals surface area contributed by atoms with Crippen molar-refractivity contribution in [3.8, 4) is 157 Å². The lowest BCUT2D eigenvalue weighted by molar-refractivity contribution is 0.809. The van der Waals surface area contributed by atoms with Crippen molar-refractivity contribution in [1.29, 1.82) is 0 Å². The molecule has 0 aliphatic carbocycles. The molecule has 0 saturated heterocycles. The molecule has 546 valence electrons.